The molecule has 1 unspecified atom stereocenters. The molecule has 2 saturated heterocycles. The Hall–Kier alpha value is -1.14. The Morgan fingerprint density at radius 2 is 1.74 bits per heavy atom. The highest BCUT2D eigenvalue weighted by Gasteiger charge is 2.28. The Balaban J connectivity index is 1.80. The van der Waals surface area contributed by atoms with Crippen molar-refractivity contribution in [3.05, 3.63) is 29.8 Å². The smallest absolute Gasteiger partial charge is 0.123 e. The first-order valence-corrected chi connectivity index (χ1v) is 8.76. The van der Waals surface area contributed by atoms with Gasteiger partial charge in [-0.05, 0) is 13.1 Å². The van der Waals surface area contributed by atoms with Crippen LogP contribution in [0.25, 0.3) is 0 Å². The molecule has 0 aliphatic carbocycles. The summed E-state index contributed by atoms with van der Waals surface area (Å²) >= 11 is 0. The number of hydrogen-bond acceptors (Lipinski definition) is 5. The Bertz CT molecular complexity index is 482. The van der Waals surface area contributed by atoms with Gasteiger partial charge in [0.1, 0.15) is 5.75 Å². The van der Waals surface area contributed by atoms with E-state index in [1.807, 2.05) is 0 Å². The zero-order chi connectivity index (χ0) is 16.1. The maximum absolute atomic E-state index is 5.66. The number of ether oxygens (including phenoxy) is 1. The fraction of sp³-hybridized carbons (Fsp3) is 0.667. The van der Waals surface area contributed by atoms with Crippen molar-refractivity contribution >= 4 is 0 Å². The molecule has 2 aliphatic rings. The molecule has 2 aliphatic heterocycles. The normalized spacial score (nSPS) is 22.9. The first-order valence-electron chi connectivity index (χ1n) is 8.76. The number of para-hydroxylation sites is 1. The predicted molar refractivity (Wildman–Crippen MR) is 94.1 cm³/mol. The summed E-state index contributed by atoms with van der Waals surface area (Å²) in [7, 11) is 4.00. The summed E-state index contributed by atoms with van der Waals surface area (Å²) in [5.74, 6) is 1.02. The van der Waals surface area contributed by atoms with Crippen molar-refractivity contribution in [1.82, 2.24) is 20.0 Å². The SMILES string of the molecule is COc1ccccc1C(CN1CCNCC1)N1CCN(C)CC1. The number of piperazine rings is 2. The largest absolute Gasteiger partial charge is 0.496 e. The van der Waals surface area contributed by atoms with Gasteiger partial charge in [0.15, 0.2) is 0 Å². The molecule has 0 saturated carbocycles. The van der Waals surface area contributed by atoms with Gasteiger partial charge in [-0.1, -0.05) is 18.2 Å². The lowest BCUT2D eigenvalue weighted by molar-refractivity contribution is 0.0804. The minimum absolute atomic E-state index is 0.415. The van der Waals surface area contributed by atoms with Crippen LogP contribution < -0.4 is 10.1 Å². The molecule has 23 heavy (non-hydrogen) atoms. The van der Waals surface area contributed by atoms with Crippen molar-refractivity contribution in [2.75, 3.05) is 73.1 Å². The lowest BCUT2D eigenvalue weighted by Gasteiger charge is -2.41. The monoisotopic (exact) mass is 318 g/mol. The van der Waals surface area contributed by atoms with Crippen LogP contribution in [-0.2, 0) is 0 Å². The lowest BCUT2D eigenvalue weighted by atomic mass is 10.0. The summed E-state index contributed by atoms with van der Waals surface area (Å²) in [4.78, 5) is 7.65. The van der Waals surface area contributed by atoms with E-state index >= 15 is 0 Å². The van der Waals surface area contributed by atoms with Gasteiger partial charge in [0.25, 0.3) is 0 Å². The van der Waals surface area contributed by atoms with Gasteiger partial charge in [-0.15, -0.1) is 0 Å². The lowest BCUT2D eigenvalue weighted by Crippen LogP contribution is -2.51. The number of nitrogens with one attached hydrogen (secondary N) is 1. The molecule has 0 spiro atoms. The highest BCUT2D eigenvalue weighted by Crippen LogP contribution is 2.30. The second-order valence-corrected chi connectivity index (χ2v) is 6.65. The van der Waals surface area contributed by atoms with Crippen LogP contribution in [0.2, 0.25) is 0 Å². The fourth-order valence-electron chi connectivity index (χ4n) is 3.62. The topological polar surface area (TPSA) is 31.0 Å². The van der Waals surface area contributed by atoms with E-state index in [4.69, 9.17) is 4.74 Å². The van der Waals surface area contributed by atoms with E-state index in [0.717, 1.165) is 64.7 Å². The van der Waals surface area contributed by atoms with E-state index < -0.39 is 0 Å². The minimum Gasteiger partial charge on any atom is -0.496 e. The summed E-state index contributed by atoms with van der Waals surface area (Å²) < 4.78 is 5.66. The van der Waals surface area contributed by atoms with Crippen LogP contribution in [0, 0.1) is 0 Å². The molecular weight excluding hydrogens is 288 g/mol. The van der Waals surface area contributed by atoms with E-state index in [0.29, 0.717) is 6.04 Å². The van der Waals surface area contributed by atoms with Gasteiger partial charge < -0.3 is 15.0 Å². The van der Waals surface area contributed by atoms with Crippen molar-refractivity contribution in [2.24, 2.45) is 0 Å². The van der Waals surface area contributed by atoms with Gasteiger partial charge >= 0.3 is 0 Å². The molecule has 0 amide bonds. The second-order valence-electron chi connectivity index (χ2n) is 6.65. The number of benzene rings is 1. The van der Waals surface area contributed by atoms with Crippen molar-refractivity contribution in [2.45, 2.75) is 6.04 Å². The van der Waals surface area contributed by atoms with Gasteiger partial charge in [0, 0.05) is 64.5 Å². The van der Waals surface area contributed by atoms with Crippen LogP contribution >= 0.6 is 0 Å². The highest BCUT2D eigenvalue weighted by atomic mass is 16.5. The first kappa shape index (κ1) is 16.7. The highest BCUT2D eigenvalue weighted by molar-refractivity contribution is 5.36. The third-order valence-corrected chi connectivity index (χ3v) is 5.12. The van der Waals surface area contributed by atoms with E-state index in [1.54, 1.807) is 7.11 Å². The molecule has 1 atom stereocenters. The molecule has 2 heterocycles. The van der Waals surface area contributed by atoms with Crippen molar-refractivity contribution < 1.29 is 4.74 Å². The number of rotatable bonds is 5. The Morgan fingerprint density at radius 3 is 2.43 bits per heavy atom. The third kappa shape index (κ3) is 4.23. The molecule has 0 radical (unpaired) electrons. The maximum atomic E-state index is 5.66. The molecule has 0 aromatic heterocycles. The number of hydrogen-bond donors (Lipinski definition) is 1. The molecule has 5 nitrogen and oxygen atoms in total. The minimum atomic E-state index is 0.415. The quantitative estimate of drug-likeness (QED) is 0.871. The average Bonchev–Trinajstić information content (AvgIpc) is 2.61. The zero-order valence-corrected chi connectivity index (χ0v) is 14.5. The van der Waals surface area contributed by atoms with Crippen molar-refractivity contribution in [3.8, 4) is 5.75 Å². The standard InChI is InChI=1S/C18H30N4O/c1-20-11-13-22(14-12-20)17(15-21-9-7-19-8-10-21)16-5-3-4-6-18(16)23-2/h3-6,17,19H,7-15H2,1-2H3. The molecular formula is C18H30N4O. The van der Waals surface area contributed by atoms with Gasteiger partial charge in [0.2, 0.25) is 0 Å². The van der Waals surface area contributed by atoms with Crippen molar-refractivity contribution in [1.29, 1.82) is 0 Å². The summed E-state index contributed by atoms with van der Waals surface area (Å²) in [6.07, 6.45) is 0. The summed E-state index contributed by atoms with van der Waals surface area (Å²) in [6, 6.07) is 8.95. The maximum Gasteiger partial charge on any atom is 0.123 e. The van der Waals surface area contributed by atoms with Crippen LogP contribution in [0.15, 0.2) is 24.3 Å². The van der Waals surface area contributed by atoms with Gasteiger partial charge in [-0.2, -0.15) is 0 Å². The van der Waals surface area contributed by atoms with Crippen LogP contribution in [0.3, 0.4) is 0 Å². The van der Waals surface area contributed by atoms with Gasteiger partial charge in [0.05, 0.1) is 13.2 Å². The molecule has 2 fully saturated rings. The van der Waals surface area contributed by atoms with Gasteiger partial charge in [-0.3, -0.25) is 9.80 Å². The average molecular weight is 318 g/mol. The van der Waals surface area contributed by atoms with Gasteiger partial charge in [-0.25, -0.2) is 0 Å². The van der Waals surface area contributed by atoms with Crippen molar-refractivity contribution in [3.63, 3.8) is 0 Å². The van der Waals surface area contributed by atoms with Crippen LogP contribution in [-0.4, -0.2) is 87.8 Å². The molecule has 3 rings (SSSR count). The van der Waals surface area contributed by atoms with E-state index in [-0.39, 0.29) is 0 Å². The van der Waals surface area contributed by atoms with E-state index in [9.17, 15) is 0 Å². The molecule has 128 valence electrons. The van der Waals surface area contributed by atoms with Crippen LogP contribution in [0.1, 0.15) is 11.6 Å². The van der Waals surface area contributed by atoms with Crippen LogP contribution in [0.5, 0.6) is 5.75 Å². The summed E-state index contributed by atoms with van der Waals surface area (Å²) in [5.41, 5.74) is 1.33. The number of methoxy groups -OCH3 is 1. The molecule has 1 N–H and O–H groups in total. The fourth-order valence-corrected chi connectivity index (χ4v) is 3.62. The third-order valence-electron chi connectivity index (χ3n) is 5.12. The second kappa shape index (κ2) is 8.11. The van der Waals surface area contributed by atoms with E-state index in [2.05, 4.69) is 51.3 Å². The summed E-state index contributed by atoms with van der Waals surface area (Å²) in [5, 5.41) is 3.45. The number of likely N-dealkylation sites (N-methyl/N-ethyl adjacent to an activating group) is 1. The Kier molecular flexibility index (Phi) is 5.89. The summed E-state index contributed by atoms with van der Waals surface area (Å²) in [6.45, 7) is 10.1. The number of nitrogens with zero attached hydrogens (tertiary/aromatic N) is 3. The Morgan fingerprint density at radius 1 is 1.04 bits per heavy atom. The molecule has 0 bridgehead atoms. The molecule has 5 heteroatoms. The predicted octanol–water partition coefficient (Wildman–Crippen LogP) is 0.889. The van der Waals surface area contributed by atoms with E-state index in [1.165, 1.54) is 5.56 Å². The molecule has 1 aromatic carbocycles. The zero-order valence-electron chi connectivity index (χ0n) is 14.5. The first-order chi connectivity index (χ1) is 11.3. The van der Waals surface area contributed by atoms with Crippen LogP contribution in [0.4, 0.5) is 0 Å². The molecule has 1 aromatic rings. The Labute approximate surface area is 140 Å².